The van der Waals surface area contributed by atoms with Gasteiger partial charge in [-0.05, 0) is 29.5 Å². The molecule has 2 rings (SSSR count). The van der Waals surface area contributed by atoms with Crippen LogP contribution in [0.3, 0.4) is 0 Å². The lowest BCUT2D eigenvalue weighted by Crippen LogP contribution is -1.86. The second-order valence-corrected chi connectivity index (χ2v) is 9.40. The standard InChI is InChI=1S/C30H48/c1-2-3-4-5-6-7-8-9-10-11-12-13-14-15-16-17-18-20-23-28-26-27-29-24-21-19-22-25-30(28)29/h19,21-22,24-27H,2-18,20,23H2,1H3. The molecule has 2 aliphatic rings. The highest BCUT2D eigenvalue weighted by molar-refractivity contribution is 5.70. The maximum atomic E-state index is 2.33. The summed E-state index contributed by atoms with van der Waals surface area (Å²) in [5.74, 6) is 0. The predicted octanol–water partition coefficient (Wildman–Crippen LogP) is 10.4. The number of unbranched alkanes of at least 4 members (excludes halogenated alkanes) is 17. The molecule has 0 bridgehead atoms. The van der Waals surface area contributed by atoms with Crippen LogP contribution in [0, 0.1) is 0 Å². The van der Waals surface area contributed by atoms with Crippen molar-refractivity contribution in [3.63, 3.8) is 0 Å². The molecular formula is C30H48. The van der Waals surface area contributed by atoms with E-state index in [4.69, 9.17) is 0 Å². The summed E-state index contributed by atoms with van der Waals surface area (Å²) in [6, 6.07) is 15.6. The largest absolute Gasteiger partial charge is 0.0654 e. The summed E-state index contributed by atoms with van der Waals surface area (Å²) < 4.78 is 0. The fourth-order valence-corrected chi connectivity index (χ4v) is 4.71. The van der Waals surface area contributed by atoms with Gasteiger partial charge in [-0.1, -0.05) is 159 Å². The number of hydrogen-bond acceptors (Lipinski definition) is 0. The highest BCUT2D eigenvalue weighted by Crippen LogP contribution is 2.28. The van der Waals surface area contributed by atoms with Crippen LogP contribution in [0.15, 0.2) is 42.5 Å². The summed E-state index contributed by atoms with van der Waals surface area (Å²) >= 11 is 0. The van der Waals surface area contributed by atoms with Crippen molar-refractivity contribution in [1.82, 2.24) is 0 Å². The van der Waals surface area contributed by atoms with Gasteiger partial charge in [0.1, 0.15) is 0 Å². The Kier molecular flexibility index (Phi) is 14.5. The Morgan fingerprint density at radius 3 is 1.43 bits per heavy atom. The lowest BCUT2D eigenvalue weighted by molar-refractivity contribution is 0.525. The second kappa shape index (κ2) is 17.4. The monoisotopic (exact) mass is 408 g/mol. The van der Waals surface area contributed by atoms with E-state index < -0.39 is 0 Å². The van der Waals surface area contributed by atoms with Crippen molar-refractivity contribution < 1.29 is 0 Å². The highest BCUT2D eigenvalue weighted by atomic mass is 14.1. The van der Waals surface area contributed by atoms with Gasteiger partial charge in [0.15, 0.2) is 0 Å². The zero-order chi connectivity index (χ0) is 21.1. The third-order valence-corrected chi connectivity index (χ3v) is 6.68. The van der Waals surface area contributed by atoms with E-state index in [0.717, 1.165) is 0 Å². The van der Waals surface area contributed by atoms with E-state index in [1.807, 2.05) is 0 Å². The van der Waals surface area contributed by atoms with Crippen molar-refractivity contribution in [2.75, 3.05) is 0 Å². The fraction of sp³-hybridized carbons (Fsp3) is 0.667. The fourth-order valence-electron chi connectivity index (χ4n) is 4.71. The van der Waals surface area contributed by atoms with Gasteiger partial charge < -0.3 is 0 Å². The Hall–Kier alpha value is -1.30. The lowest BCUT2D eigenvalue weighted by atomic mass is 10.0. The normalized spacial score (nSPS) is 11.4. The third kappa shape index (κ3) is 11.2. The molecule has 0 saturated heterocycles. The minimum absolute atomic E-state index is 1.24. The molecule has 0 spiro atoms. The quantitative estimate of drug-likeness (QED) is 0.203. The van der Waals surface area contributed by atoms with Gasteiger partial charge in [-0.15, -0.1) is 0 Å². The zero-order valence-electron chi connectivity index (χ0n) is 20.0. The maximum Gasteiger partial charge on any atom is -0.0152 e. The van der Waals surface area contributed by atoms with Crippen LogP contribution < -0.4 is 0 Å². The van der Waals surface area contributed by atoms with Gasteiger partial charge in [0, 0.05) is 0 Å². The molecule has 0 nitrogen and oxygen atoms in total. The summed E-state index contributed by atoms with van der Waals surface area (Å²) in [5, 5.41) is 0. The Balaban J connectivity index is 1.32. The van der Waals surface area contributed by atoms with E-state index in [2.05, 4.69) is 49.4 Å². The Labute approximate surface area is 188 Å². The molecule has 0 aromatic carbocycles. The van der Waals surface area contributed by atoms with Crippen molar-refractivity contribution in [2.24, 2.45) is 0 Å². The average molecular weight is 409 g/mol. The van der Waals surface area contributed by atoms with Gasteiger partial charge in [-0.3, -0.25) is 0 Å². The first-order valence-electron chi connectivity index (χ1n) is 13.4. The van der Waals surface area contributed by atoms with Crippen molar-refractivity contribution in [2.45, 2.75) is 129 Å². The topological polar surface area (TPSA) is 0 Å². The minimum atomic E-state index is 1.24. The van der Waals surface area contributed by atoms with E-state index in [0.29, 0.717) is 0 Å². The summed E-state index contributed by atoms with van der Waals surface area (Å²) in [5.41, 5.74) is 4.38. The molecule has 168 valence electrons. The molecule has 0 heterocycles. The number of aryl methyl sites for hydroxylation is 1. The molecule has 0 aliphatic heterocycles. The van der Waals surface area contributed by atoms with Crippen molar-refractivity contribution >= 4 is 0 Å². The Morgan fingerprint density at radius 2 is 0.900 bits per heavy atom. The van der Waals surface area contributed by atoms with E-state index in [1.165, 1.54) is 139 Å². The van der Waals surface area contributed by atoms with Crippen LogP contribution >= 0.6 is 0 Å². The lowest BCUT2D eigenvalue weighted by Gasteiger charge is -2.04. The van der Waals surface area contributed by atoms with E-state index in [1.54, 1.807) is 0 Å². The average Bonchev–Trinajstić information content (AvgIpc) is 2.98. The van der Waals surface area contributed by atoms with Crippen LogP contribution in [0.25, 0.3) is 11.1 Å². The van der Waals surface area contributed by atoms with E-state index in [-0.39, 0.29) is 0 Å². The highest BCUT2D eigenvalue weighted by Gasteiger charge is 2.06. The van der Waals surface area contributed by atoms with Gasteiger partial charge in [-0.25, -0.2) is 0 Å². The van der Waals surface area contributed by atoms with Gasteiger partial charge in [0.25, 0.3) is 0 Å². The van der Waals surface area contributed by atoms with Crippen molar-refractivity contribution in [1.29, 1.82) is 0 Å². The van der Waals surface area contributed by atoms with Crippen LogP contribution in [0.1, 0.15) is 128 Å². The molecule has 0 amide bonds. The molecule has 0 radical (unpaired) electrons. The van der Waals surface area contributed by atoms with Crippen molar-refractivity contribution in [3.05, 3.63) is 48.0 Å². The summed E-state index contributed by atoms with van der Waals surface area (Å²) in [6.07, 6.45) is 27.3. The van der Waals surface area contributed by atoms with Crippen LogP contribution in [0.4, 0.5) is 0 Å². The van der Waals surface area contributed by atoms with Gasteiger partial charge in [0.05, 0.1) is 0 Å². The van der Waals surface area contributed by atoms with Crippen molar-refractivity contribution in [3.8, 4) is 11.1 Å². The molecule has 0 aromatic rings. The molecule has 2 aliphatic carbocycles. The molecule has 0 aromatic heterocycles. The van der Waals surface area contributed by atoms with Gasteiger partial charge in [-0.2, -0.15) is 0 Å². The molecule has 0 fully saturated rings. The van der Waals surface area contributed by atoms with E-state index >= 15 is 0 Å². The number of fused-ring (bicyclic) bond motifs is 1. The molecule has 0 atom stereocenters. The van der Waals surface area contributed by atoms with Gasteiger partial charge in [0.2, 0.25) is 0 Å². The number of hydrogen-bond donors (Lipinski definition) is 0. The minimum Gasteiger partial charge on any atom is -0.0654 e. The van der Waals surface area contributed by atoms with Crippen LogP contribution in [0.5, 0.6) is 0 Å². The zero-order valence-corrected chi connectivity index (χ0v) is 20.0. The summed E-state index contributed by atoms with van der Waals surface area (Å²) in [6.45, 7) is 2.30. The van der Waals surface area contributed by atoms with Crippen LogP contribution in [0.2, 0.25) is 0 Å². The molecule has 0 saturated carbocycles. The molecule has 0 heteroatoms. The Morgan fingerprint density at radius 1 is 0.433 bits per heavy atom. The van der Waals surface area contributed by atoms with Gasteiger partial charge >= 0.3 is 0 Å². The predicted molar refractivity (Wildman–Crippen MR) is 136 cm³/mol. The first kappa shape index (κ1) is 25.0. The maximum absolute atomic E-state index is 2.33. The first-order valence-corrected chi connectivity index (χ1v) is 13.4. The van der Waals surface area contributed by atoms with Crippen LogP contribution in [-0.2, 0) is 6.42 Å². The molecule has 30 heavy (non-hydrogen) atoms. The summed E-state index contributed by atoms with van der Waals surface area (Å²) in [4.78, 5) is 0. The number of rotatable bonds is 19. The third-order valence-electron chi connectivity index (χ3n) is 6.68. The molecule has 0 unspecified atom stereocenters. The summed E-state index contributed by atoms with van der Waals surface area (Å²) in [7, 11) is 0. The Bertz CT molecular complexity index is 599. The van der Waals surface area contributed by atoms with E-state index in [9.17, 15) is 0 Å². The molecular weight excluding hydrogens is 360 g/mol. The first-order chi connectivity index (χ1) is 14.9. The smallest absolute Gasteiger partial charge is 0.0152 e. The molecule has 0 N–H and O–H groups in total. The second-order valence-electron chi connectivity index (χ2n) is 9.40. The van der Waals surface area contributed by atoms with Crippen LogP contribution in [-0.4, -0.2) is 0 Å². The SMILES string of the molecule is CCCCCCCCCCCCCCCCCCCCc1ccc2cccccc1-2.